The van der Waals surface area contributed by atoms with Crippen LogP contribution < -0.4 is 0 Å². The SMILES string of the molecule is CCCCCCCCCCC(I)C(C)C1(F)C(F)(F)C(F)(F)C(F)(F)C1(F)F. The Morgan fingerprint density at radius 2 is 0.964 bits per heavy atom. The quantitative estimate of drug-likeness (QED) is 0.107. The molecule has 10 heteroatoms. The Labute approximate surface area is 173 Å². The smallest absolute Gasteiger partial charge is 0.230 e. The topological polar surface area (TPSA) is 0 Å². The van der Waals surface area contributed by atoms with Crippen LogP contribution in [0.4, 0.5) is 39.5 Å². The van der Waals surface area contributed by atoms with Crippen LogP contribution in [-0.2, 0) is 0 Å². The molecule has 1 aliphatic rings. The number of alkyl halides is 10. The van der Waals surface area contributed by atoms with E-state index in [9.17, 15) is 39.5 Å². The molecule has 0 aromatic rings. The summed E-state index contributed by atoms with van der Waals surface area (Å²) >= 11 is 1.41. The molecule has 1 fully saturated rings. The van der Waals surface area contributed by atoms with Gasteiger partial charge in [-0.05, 0) is 6.42 Å². The second-order valence-corrected chi connectivity index (χ2v) is 9.18. The highest BCUT2D eigenvalue weighted by Crippen LogP contribution is 2.71. The molecule has 1 rings (SSSR count). The average molecular weight is 540 g/mol. The molecule has 2 unspecified atom stereocenters. The lowest BCUT2D eigenvalue weighted by atomic mass is 9.80. The molecule has 0 aliphatic heterocycles. The zero-order chi connectivity index (χ0) is 22.0. The van der Waals surface area contributed by atoms with E-state index in [-0.39, 0.29) is 6.42 Å². The van der Waals surface area contributed by atoms with Gasteiger partial charge in [0, 0.05) is 9.84 Å². The van der Waals surface area contributed by atoms with E-state index < -0.39 is 39.2 Å². The molecular formula is C18H26F9I. The minimum Gasteiger partial charge on any atom is -0.230 e. The summed E-state index contributed by atoms with van der Waals surface area (Å²) in [7, 11) is 0. The lowest BCUT2D eigenvalue weighted by Gasteiger charge is -2.38. The summed E-state index contributed by atoms with van der Waals surface area (Å²) in [4.78, 5) is 0. The van der Waals surface area contributed by atoms with E-state index in [0.717, 1.165) is 38.5 Å². The van der Waals surface area contributed by atoms with Crippen molar-refractivity contribution < 1.29 is 39.5 Å². The first-order valence-corrected chi connectivity index (χ1v) is 10.7. The van der Waals surface area contributed by atoms with Gasteiger partial charge in [-0.15, -0.1) is 0 Å². The predicted octanol–water partition coefficient (Wildman–Crippen LogP) is 8.22. The van der Waals surface area contributed by atoms with E-state index in [1.54, 1.807) is 0 Å². The molecule has 0 spiro atoms. The molecule has 0 aromatic heterocycles. The summed E-state index contributed by atoms with van der Waals surface area (Å²) in [6, 6.07) is 0. The summed E-state index contributed by atoms with van der Waals surface area (Å²) in [5, 5.41) is 0. The van der Waals surface area contributed by atoms with Crippen LogP contribution in [0.25, 0.3) is 0 Å². The van der Waals surface area contributed by atoms with Gasteiger partial charge < -0.3 is 0 Å². The third kappa shape index (κ3) is 3.88. The highest BCUT2D eigenvalue weighted by atomic mass is 127. The van der Waals surface area contributed by atoms with E-state index in [0.29, 0.717) is 19.8 Å². The monoisotopic (exact) mass is 540 g/mol. The number of hydrogen-bond acceptors (Lipinski definition) is 0. The minimum atomic E-state index is -6.48. The Balaban J connectivity index is 2.77. The van der Waals surface area contributed by atoms with Crippen molar-refractivity contribution in [3.63, 3.8) is 0 Å². The molecule has 1 aliphatic carbocycles. The first kappa shape index (κ1) is 26.1. The average Bonchev–Trinajstić information content (AvgIpc) is 2.65. The summed E-state index contributed by atoms with van der Waals surface area (Å²) in [6.45, 7) is 2.64. The van der Waals surface area contributed by atoms with Crippen molar-refractivity contribution in [2.45, 2.75) is 105 Å². The number of hydrogen-bond donors (Lipinski definition) is 0. The van der Waals surface area contributed by atoms with Crippen molar-refractivity contribution in [2.24, 2.45) is 5.92 Å². The van der Waals surface area contributed by atoms with Crippen molar-refractivity contribution in [1.82, 2.24) is 0 Å². The van der Waals surface area contributed by atoms with Gasteiger partial charge in [0.05, 0.1) is 0 Å². The fourth-order valence-electron chi connectivity index (χ4n) is 3.59. The maximum atomic E-state index is 14.8. The van der Waals surface area contributed by atoms with Gasteiger partial charge in [0.25, 0.3) is 5.67 Å². The fourth-order valence-corrected chi connectivity index (χ4v) is 4.53. The highest BCUT2D eigenvalue weighted by molar-refractivity contribution is 14.1. The number of halogens is 10. The van der Waals surface area contributed by atoms with Crippen LogP contribution in [0, 0.1) is 5.92 Å². The van der Waals surface area contributed by atoms with Gasteiger partial charge in [0.2, 0.25) is 0 Å². The summed E-state index contributed by atoms with van der Waals surface area (Å²) < 4.78 is 123. The number of unbranched alkanes of at least 4 members (excludes halogenated alkanes) is 7. The Bertz CT molecular complexity index is 481. The van der Waals surface area contributed by atoms with Crippen LogP contribution >= 0.6 is 22.6 Å². The van der Waals surface area contributed by atoms with Crippen molar-refractivity contribution >= 4 is 22.6 Å². The van der Waals surface area contributed by atoms with Crippen LogP contribution in [0.1, 0.15) is 71.6 Å². The lowest BCUT2D eigenvalue weighted by molar-refractivity contribution is -0.303. The maximum Gasteiger partial charge on any atom is 0.381 e. The van der Waals surface area contributed by atoms with E-state index in [1.807, 2.05) is 0 Å². The van der Waals surface area contributed by atoms with Crippen LogP contribution in [-0.4, -0.2) is 33.3 Å². The van der Waals surface area contributed by atoms with Crippen molar-refractivity contribution in [1.29, 1.82) is 0 Å². The van der Waals surface area contributed by atoms with E-state index >= 15 is 0 Å². The van der Waals surface area contributed by atoms with E-state index in [2.05, 4.69) is 6.92 Å². The molecule has 0 aromatic carbocycles. The highest BCUT2D eigenvalue weighted by Gasteiger charge is 3.01. The van der Waals surface area contributed by atoms with Gasteiger partial charge in [-0.3, -0.25) is 0 Å². The fraction of sp³-hybridized carbons (Fsp3) is 1.00. The number of rotatable bonds is 11. The van der Waals surface area contributed by atoms with Gasteiger partial charge in [0.1, 0.15) is 0 Å². The van der Waals surface area contributed by atoms with Crippen molar-refractivity contribution in [3.8, 4) is 0 Å². The lowest BCUT2D eigenvalue weighted by Crippen LogP contribution is -2.60. The molecule has 0 radical (unpaired) electrons. The van der Waals surface area contributed by atoms with Crippen LogP contribution in [0.5, 0.6) is 0 Å². The van der Waals surface area contributed by atoms with Gasteiger partial charge in [0.15, 0.2) is 0 Å². The van der Waals surface area contributed by atoms with E-state index in [1.165, 1.54) is 22.6 Å². The van der Waals surface area contributed by atoms with Gasteiger partial charge >= 0.3 is 23.7 Å². The minimum absolute atomic E-state index is 0.00827. The molecule has 2 atom stereocenters. The van der Waals surface area contributed by atoms with Crippen molar-refractivity contribution in [2.75, 3.05) is 0 Å². The molecule has 0 heterocycles. The molecule has 1 saturated carbocycles. The Kier molecular flexibility index (Phi) is 8.47. The maximum absolute atomic E-state index is 14.8. The van der Waals surface area contributed by atoms with Gasteiger partial charge in [-0.25, -0.2) is 4.39 Å². The summed E-state index contributed by atoms with van der Waals surface area (Å²) in [5.41, 5.74) is -5.35. The second-order valence-electron chi connectivity index (χ2n) is 7.58. The van der Waals surface area contributed by atoms with Crippen LogP contribution in [0.15, 0.2) is 0 Å². The van der Waals surface area contributed by atoms with Crippen LogP contribution in [0.3, 0.4) is 0 Å². The molecule has 0 saturated heterocycles. The summed E-state index contributed by atoms with van der Waals surface area (Å²) in [6.07, 6.45) is 7.06. The third-order valence-corrected chi connectivity index (χ3v) is 7.30. The molecule has 0 amide bonds. The predicted molar refractivity (Wildman–Crippen MR) is 97.8 cm³/mol. The van der Waals surface area contributed by atoms with E-state index in [4.69, 9.17) is 0 Å². The van der Waals surface area contributed by atoms with Crippen molar-refractivity contribution in [3.05, 3.63) is 0 Å². The summed E-state index contributed by atoms with van der Waals surface area (Å²) in [5.74, 6) is -27.8. The Morgan fingerprint density at radius 1 is 0.607 bits per heavy atom. The molecule has 168 valence electrons. The molecule has 28 heavy (non-hydrogen) atoms. The Morgan fingerprint density at radius 3 is 1.36 bits per heavy atom. The van der Waals surface area contributed by atoms with Gasteiger partial charge in [-0.2, -0.15) is 35.1 Å². The molecular weight excluding hydrogens is 514 g/mol. The molecule has 0 N–H and O–H groups in total. The third-order valence-electron chi connectivity index (χ3n) is 5.60. The van der Waals surface area contributed by atoms with Gasteiger partial charge in [-0.1, -0.05) is 87.8 Å². The van der Waals surface area contributed by atoms with Crippen LogP contribution in [0.2, 0.25) is 0 Å². The first-order chi connectivity index (χ1) is 12.6. The standard InChI is InChI=1S/C18H26F9I/c1-3-4-5-6-7-8-9-10-11-13(28)12(2)14(19)15(20,21)17(24,25)18(26,27)16(14,22)23/h12-13H,3-11H2,1-2H3. The zero-order valence-corrected chi connectivity index (χ0v) is 18.0. The normalized spacial score (nSPS) is 26.1. The molecule has 0 nitrogen and oxygen atoms in total. The first-order valence-electron chi connectivity index (χ1n) is 9.48. The molecule has 0 bridgehead atoms. The Hall–Kier alpha value is 0.1000. The second kappa shape index (κ2) is 9.08. The zero-order valence-electron chi connectivity index (χ0n) is 15.8. The largest absolute Gasteiger partial charge is 0.381 e.